The lowest BCUT2D eigenvalue weighted by molar-refractivity contribution is -0.123. The molecule has 2 saturated carbocycles. The smallest absolute Gasteiger partial charge is 0.0627 e. The van der Waals surface area contributed by atoms with Crippen LogP contribution in [0.3, 0.4) is 0 Å². The van der Waals surface area contributed by atoms with Crippen LogP contribution < -0.4 is 0 Å². The van der Waals surface area contributed by atoms with Gasteiger partial charge in [-0.25, -0.2) is 0 Å². The number of aliphatic hydroxyl groups is 3. The zero-order chi connectivity index (χ0) is 12.3. The molecule has 0 radical (unpaired) electrons. The van der Waals surface area contributed by atoms with Gasteiger partial charge >= 0.3 is 0 Å². The van der Waals surface area contributed by atoms with E-state index < -0.39 is 11.2 Å². The van der Waals surface area contributed by atoms with E-state index in [0.29, 0.717) is 5.92 Å². The Kier molecular flexibility index (Phi) is 2.65. The summed E-state index contributed by atoms with van der Waals surface area (Å²) in [5.74, 6) is 0.611. The summed E-state index contributed by atoms with van der Waals surface area (Å²) in [5, 5.41) is 30.5. The fraction of sp³-hybridized carbons (Fsp3) is 1.00. The lowest BCUT2D eigenvalue weighted by atomic mass is 9.65. The van der Waals surface area contributed by atoms with Crippen LogP contribution in [0.5, 0.6) is 0 Å². The third-order valence-corrected chi connectivity index (χ3v) is 4.60. The molecule has 0 aromatic carbocycles. The first-order valence-corrected chi connectivity index (χ1v) is 6.25. The molecule has 0 aromatic rings. The molecule has 2 rings (SSSR count). The van der Waals surface area contributed by atoms with Gasteiger partial charge in [0.05, 0.1) is 17.3 Å². The van der Waals surface area contributed by atoms with E-state index in [2.05, 4.69) is 0 Å². The van der Waals surface area contributed by atoms with Crippen molar-refractivity contribution in [3.8, 4) is 0 Å². The maximum absolute atomic E-state index is 10.3. The Morgan fingerprint density at radius 3 is 1.81 bits per heavy atom. The minimum atomic E-state index is -0.828. The van der Waals surface area contributed by atoms with Gasteiger partial charge in [0.1, 0.15) is 0 Å². The molecule has 5 atom stereocenters. The summed E-state index contributed by atoms with van der Waals surface area (Å²) in [6.07, 6.45) is 1.44. The molecule has 94 valence electrons. The molecule has 0 spiro atoms. The molecule has 0 heterocycles. The van der Waals surface area contributed by atoms with E-state index in [1.807, 2.05) is 13.8 Å². The summed E-state index contributed by atoms with van der Waals surface area (Å²) in [4.78, 5) is 0. The molecule has 2 bridgehead atoms. The highest BCUT2D eigenvalue weighted by Gasteiger charge is 2.60. The van der Waals surface area contributed by atoms with Crippen molar-refractivity contribution in [2.45, 2.75) is 57.8 Å². The molecule has 2 aliphatic rings. The van der Waals surface area contributed by atoms with E-state index >= 15 is 0 Å². The number of hydrogen-bond acceptors (Lipinski definition) is 3. The van der Waals surface area contributed by atoms with Crippen LogP contribution in [-0.4, -0.2) is 32.6 Å². The van der Waals surface area contributed by atoms with Crippen molar-refractivity contribution in [3.05, 3.63) is 0 Å². The Balaban J connectivity index is 2.32. The van der Waals surface area contributed by atoms with E-state index in [-0.39, 0.29) is 23.9 Å². The summed E-state index contributed by atoms with van der Waals surface area (Å²) in [6, 6.07) is 0. The van der Waals surface area contributed by atoms with Gasteiger partial charge in [0.15, 0.2) is 0 Å². The Hall–Kier alpha value is -0.120. The van der Waals surface area contributed by atoms with Gasteiger partial charge in [-0.2, -0.15) is 0 Å². The molecule has 3 nitrogen and oxygen atoms in total. The van der Waals surface area contributed by atoms with Crippen LogP contribution in [0.2, 0.25) is 0 Å². The second-order valence-electron chi connectivity index (χ2n) is 6.82. The molecule has 2 aliphatic carbocycles. The van der Waals surface area contributed by atoms with Crippen molar-refractivity contribution in [2.24, 2.45) is 23.7 Å². The van der Waals surface area contributed by atoms with Crippen molar-refractivity contribution in [1.82, 2.24) is 0 Å². The van der Waals surface area contributed by atoms with Gasteiger partial charge in [-0.1, -0.05) is 0 Å². The Morgan fingerprint density at radius 1 is 0.875 bits per heavy atom. The number of hydrogen-bond donors (Lipinski definition) is 3. The average molecular weight is 228 g/mol. The van der Waals surface area contributed by atoms with Crippen LogP contribution in [-0.2, 0) is 0 Å². The first-order chi connectivity index (χ1) is 7.12. The highest BCUT2D eigenvalue weighted by molar-refractivity contribution is 5.09. The summed E-state index contributed by atoms with van der Waals surface area (Å²) in [6.45, 7) is 7.24. The van der Waals surface area contributed by atoms with Crippen LogP contribution >= 0.6 is 0 Å². The largest absolute Gasteiger partial charge is 0.393 e. The number of fused-ring (bicyclic) bond motifs is 2. The SMILES string of the molecule is CC(C)(O)[C@@H]1[C@@H]2C[C@H]([C@@H]1C(C)(C)O)[C@@H](O)C2. The van der Waals surface area contributed by atoms with Crippen molar-refractivity contribution in [3.63, 3.8) is 0 Å². The Morgan fingerprint density at radius 2 is 1.38 bits per heavy atom. The first-order valence-electron chi connectivity index (χ1n) is 6.25. The molecule has 2 fully saturated rings. The summed E-state index contributed by atoms with van der Waals surface area (Å²) >= 11 is 0. The van der Waals surface area contributed by atoms with Gasteiger partial charge in [0, 0.05) is 0 Å². The van der Waals surface area contributed by atoms with Crippen LogP contribution in [0.4, 0.5) is 0 Å². The van der Waals surface area contributed by atoms with Crippen LogP contribution in [0.15, 0.2) is 0 Å². The van der Waals surface area contributed by atoms with Gasteiger partial charge in [-0.15, -0.1) is 0 Å². The van der Waals surface area contributed by atoms with Gasteiger partial charge in [0.25, 0.3) is 0 Å². The predicted octanol–water partition coefficient (Wildman–Crippen LogP) is 1.16. The number of aliphatic hydroxyl groups excluding tert-OH is 1. The molecule has 0 aliphatic heterocycles. The molecule has 0 unspecified atom stereocenters. The molecule has 16 heavy (non-hydrogen) atoms. The summed E-state index contributed by atoms with van der Waals surface area (Å²) in [5.41, 5.74) is -1.60. The van der Waals surface area contributed by atoms with Gasteiger partial charge in [0.2, 0.25) is 0 Å². The molecular weight excluding hydrogens is 204 g/mol. The minimum Gasteiger partial charge on any atom is -0.393 e. The van der Waals surface area contributed by atoms with E-state index in [0.717, 1.165) is 12.8 Å². The molecule has 0 amide bonds. The lowest BCUT2D eigenvalue weighted by Crippen LogP contribution is -2.51. The van der Waals surface area contributed by atoms with Gasteiger partial charge in [-0.05, 0) is 64.2 Å². The average Bonchev–Trinajstić information content (AvgIpc) is 2.55. The van der Waals surface area contributed by atoms with Crippen molar-refractivity contribution >= 4 is 0 Å². The normalized spacial score (nSPS) is 44.1. The highest BCUT2D eigenvalue weighted by atomic mass is 16.3. The Labute approximate surface area is 97.5 Å². The predicted molar refractivity (Wildman–Crippen MR) is 61.8 cm³/mol. The maximum Gasteiger partial charge on any atom is 0.0627 e. The fourth-order valence-electron chi connectivity index (χ4n) is 4.31. The standard InChI is InChI=1S/C13H24O3/c1-12(2,15)10-7-5-8(9(14)6-7)11(10)13(3,4)16/h7-11,14-16H,5-6H2,1-4H3/t7-,8+,9+,10-,11+/m1/s1. The lowest BCUT2D eigenvalue weighted by Gasteiger charge is -2.45. The zero-order valence-corrected chi connectivity index (χ0v) is 10.6. The quantitative estimate of drug-likeness (QED) is 0.664. The van der Waals surface area contributed by atoms with Crippen molar-refractivity contribution in [1.29, 1.82) is 0 Å². The second-order valence-corrected chi connectivity index (χ2v) is 6.82. The Bertz CT molecular complexity index is 274. The highest BCUT2D eigenvalue weighted by Crippen LogP contribution is 2.58. The monoisotopic (exact) mass is 228 g/mol. The number of rotatable bonds is 2. The van der Waals surface area contributed by atoms with Crippen LogP contribution in [0, 0.1) is 23.7 Å². The molecule has 0 aromatic heterocycles. The van der Waals surface area contributed by atoms with Crippen LogP contribution in [0.25, 0.3) is 0 Å². The molecule has 0 saturated heterocycles. The minimum absolute atomic E-state index is 0.00116. The second kappa shape index (κ2) is 3.44. The summed E-state index contributed by atoms with van der Waals surface area (Å²) in [7, 11) is 0. The fourth-order valence-corrected chi connectivity index (χ4v) is 4.31. The van der Waals surface area contributed by atoms with Crippen molar-refractivity contribution < 1.29 is 15.3 Å². The first kappa shape index (κ1) is 12.3. The topological polar surface area (TPSA) is 60.7 Å². The maximum atomic E-state index is 10.3. The van der Waals surface area contributed by atoms with E-state index in [9.17, 15) is 15.3 Å². The summed E-state index contributed by atoms with van der Waals surface area (Å²) < 4.78 is 0. The van der Waals surface area contributed by atoms with E-state index in [4.69, 9.17) is 0 Å². The molecule has 3 heteroatoms. The molecule has 3 N–H and O–H groups in total. The third-order valence-electron chi connectivity index (χ3n) is 4.60. The van der Waals surface area contributed by atoms with Crippen LogP contribution in [0.1, 0.15) is 40.5 Å². The van der Waals surface area contributed by atoms with Gasteiger partial charge < -0.3 is 15.3 Å². The van der Waals surface area contributed by atoms with Crippen molar-refractivity contribution in [2.75, 3.05) is 0 Å². The van der Waals surface area contributed by atoms with Gasteiger partial charge in [-0.3, -0.25) is 0 Å². The zero-order valence-electron chi connectivity index (χ0n) is 10.6. The van der Waals surface area contributed by atoms with E-state index in [1.165, 1.54) is 0 Å². The third kappa shape index (κ3) is 1.79. The molecular formula is C13H24O3. The van der Waals surface area contributed by atoms with E-state index in [1.54, 1.807) is 13.8 Å².